The predicted molar refractivity (Wildman–Crippen MR) is 72.1 cm³/mol. The number of aryl methyl sites for hydroxylation is 1. The van der Waals surface area contributed by atoms with Crippen LogP contribution < -0.4 is 0 Å². The zero-order valence-electron chi connectivity index (χ0n) is 11.4. The van der Waals surface area contributed by atoms with Crippen LogP contribution >= 0.6 is 0 Å². The van der Waals surface area contributed by atoms with Crippen LogP contribution in [0.25, 0.3) is 0 Å². The number of hydrogen-bond donors (Lipinski definition) is 0. The summed E-state index contributed by atoms with van der Waals surface area (Å²) in [5, 5.41) is 0. The highest BCUT2D eigenvalue weighted by molar-refractivity contribution is 6.12. The van der Waals surface area contributed by atoms with Crippen LogP contribution in [0.4, 0.5) is 0 Å². The molecule has 1 unspecified atom stereocenters. The molecule has 102 valence electrons. The number of Topliss-reactive ketones (excluding diaryl/α,β-unsaturated/α-hetero) is 1. The minimum absolute atomic E-state index is 0.172. The van der Waals surface area contributed by atoms with Crippen LogP contribution in [0.15, 0.2) is 24.3 Å². The molecule has 2 rings (SSSR count). The van der Waals surface area contributed by atoms with Crippen molar-refractivity contribution in [1.82, 2.24) is 4.90 Å². The fourth-order valence-corrected chi connectivity index (χ4v) is 2.41. The van der Waals surface area contributed by atoms with Crippen LogP contribution in [-0.4, -0.2) is 42.9 Å². The van der Waals surface area contributed by atoms with Gasteiger partial charge >= 0.3 is 5.97 Å². The lowest BCUT2D eigenvalue weighted by atomic mass is 10.0. The molecule has 0 radical (unpaired) electrons. The number of esters is 1. The van der Waals surface area contributed by atoms with Crippen LogP contribution in [-0.2, 0) is 9.53 Å². The van der Waals surface area contributed by atoms with E-state index >= 15 is 0 Å². The third-order valence-corrected chi connectivity index (χ3v) is 3.51. The number of ether oxygens (including phenoxy) is 1. The summed E-state index contributed by atoms with van der Waals surface area (Å²) in [5.74, 6) is -0.638. The molecule has 1 heterocycles. The summed E-state index contributed by atoms with van der Waals surface area (Å²) in [5.41, 5.74) is 1.65. The predicted octanol–water partition coefficient (Wildman–Crippen LogP) is 1.82. The van der Waals surface area contributed by atoms with E-state index in [-0.39, 0.29) is 5.78 Å². The SMILES string of the molecule is COC(=O)C(C(=O)c1ccc(C)cc1)N1CCCC1. The fraction of sp³-hybridized carbons (Fsp3) is 0.467. The van der Waals surface area contributed by atoms with Gasteiger partial charge in [0.2, 0.25) is 0 Å². The average molecular weight is 261 g/mol. The molecule has 4 heteroatoms. The van der Waals surface area contributed by atoms with Gasteiger partial charge in [0, 0.05) is 5.56 Å². The van der Waals surface area contributed by atoms with Crippen molar-refractivity contribution >= 4 is 11.8 Å². The zero-order valence-corrected chi connectivity index (χ0v) is 11.4. The zero-order chi connectivity index (χ0) is 13.8. The molecule has 0 saturated carbocycles. The first-order valence-electron chi connectivity index (χ1n) is 6.56. The van der Waals surface area contributed by atoms with Gasteiger partial charge in [-0.2, -0.15) is 0 Å². The van der Waals surface area contributed by atoms with Crippen LogP contribution in [0.3, 0.4) is 0 Å². The van der Waals surface area contributed by atoms with Crippen molar-refractivity contribution in [1.29, 1.82) is 0 Å². The lowest BCUT2D eigenvalue weighted by Crippen LogP contribution is -2.46. The minimum Gasteiger partial charge on any atom is -0.467 e. The van der Waals surface area contributed by atoms with Crippen LogP contribution in [0.1, 0.15) is 28.8 Å². The standard InChI is InChI=1S/C15H19NO3/c1-11-5-7-12(8-6-11)14(17)13(15(18)19-2)16-9-3-4-10-16/h5-8,13H,3-4,9-10H2,1-2H3. The summed E-state index contributed by atoms with van der Waals surface area (Å²) in [6, 6.07) is 6.50. The van der Waals surface area contributed by atoms with Crippen LogP contribution in [0, 0.1) is 6.92 Å². The van der Waals surface area contributed by atoms with Gasteiger partial charge in [-0.05, 0) is 32.9 Å². The molecule has 0 amide bonds. The summed E-state index contributed by atoms with van der Waals surface area (Å²) in [6.07, 6.45) is 2.04. The molecule has 1 aromatic rings. The topological polar surface area (TPSA) is 46.6 Å². The van der Waals surface area contributed by atoms with E-state index in [0.29, 0.717) is 5.56 Å². The summed E-state index contributed by atoms with van der Waals surface area (Å²) in [4.78, 5) is 26.3. The highest BCUT2D eigenvalue weighted by Gasteiger charge is 2.35. The van der Waals surface area contributed by atoms with Crippen molar-refractivity contribution in [2.24, 2.45) is 0 Å². The highest BCUT2D eigenvalue weighted by atomic mass is 16.5. The third kappa shape index (κ3) is 3.01. The smallest absolute Gasteiger partial charge is 0.331 e. The Morgan fingerprint density at radius 2 is 1.74 bits per heavy atom. The van der Waals surface area contributed by atoms with Crippen molar-refractivity contribution in [3.05, 3.63) is 35.4 Å². The number of likely N-dealkylation sites (tertiary alicyclic amines) is 1. The summed E-state index contributed by atoms with van der Waals surface area (Å²) in [7, 11) is 1.33. The molecule has 1 aromatic carbocycles. The molecule has 1 aliphatic heterocycles. The van der Waals surface area contributed by atoms with E-state index in [1.54, 1.807) is 12.1 Å². The Balaban J connectivity index is 2.24. The maximum atomic E-state index is 12.5. The second-order valence-corrected chi connectivity index (χ2v) is 4.90. The Morgan fingerprint density at radius 3 is 2.26 bits per heavy atom. The number of rotatable bonds is 4. The van der Waals surface area contributed by atoms with E-state index in [9.17, 15) is 9.59 Å². The number of nitrogens with zero attached hydrogens (tertiary/aromatic N) is 1. The molecule has 1 atom stereocenters. The number of benzene rings is 1. The van der Waals surface area contributed by atoms with E-state index in [0.717, 1.165) is 31.5 Å². The maximum Gasteiger partial charge on any atom is 0.331 e. The third-order valence-electron chi connectivity index (χ3n) is 3.51. The Bertz CT molecular complexity index is 461. The first-order valence-corrected chi connectivity index (χ1v) is 6.56. The van der Waals surface area contributed by atoms with Gasteiger partial charge in [-0.3, -0.25) is 9.69 Å². The molecule has 0 aliphatic carbocycles. The molecule has 0 N–H and O–H groups in total. The Morgan fingerprint density at radius 1 is 1.16 bits per heavy atom. The normalized spacial score (nSPS) is 17.2. The average Bonchev–Trinajstić information content (AvgIpc) is 2.93. The summed E-state index contributed by atoms with van der Waals surface area (Å²) < 4.78 is 4.79. The molecular weight excluding hydrogens is 242 g/mol. The minimum atomic E-state index is -0.796. The van der Waals surface area contributed by atoms with Gasteiger partial charge in [0.15, 0.2) is 11.8 Å². The number of carbonyl (C=O) groups is 2. The Hall–Kier alpha value is -1.68. The number of carbonyl (C=O) groups excluding carboxylic acids is 2. The van der Waals surface area contributed by atoms with Gasteiger partial charge in [0.25, 0.3) is 0 Å². The molecule has 0 bridgehead atoms. The van der Waals surface area contributed by atoms with Crippen molar-refractivity contribution < 1.29 is 14.3 Å². The number of ketones is 1. The molecule has 0 spiro atoms. The molecule has 1 aliphatic rings. The lowest BCUT2D eigenvalue weighted by Gasteiger charge is -2.23. The molecule has 19 heavy (non-hydrogen) atoms. The van der Waals surface area contributed by atoms with Crippen molar-refractivity contribution in [3.8, 4) is 0 Å². The van der Waals surface area contributed by atoms with E-state index in [1.165, 1.54) is 7.11 Å². The quantitative estimate of drug-likeness (QED) is 0.471. The largest absolute Gasteiger partial charge is 0.467 e. The summed E-state index contributed by atoms with van der Waals surface area (Å²) in [6.45, 7) is 3.52. The molecular formula is C15H19NO3. The lowest BCUT2D eigenvalue weighted by molar-refractivity contribution is -0.144. The van der Waals surface area contributed by atoms with Crippen molar-refractivity contribution in [2.45, 2.75) is 25.8 Å². The van der Waals surface area contributed by atoms with Gasteiger partial charge in [-0.1, -0.05) is 29.8 Å². The van der Waals surface area contributed by atoms with E-state index in [1.807, 2.05) is 24.0 Å². The van der Waals surface area contributed by atoms with Crippen molar-refractivity contribution in [3.63, 3.8) is 0 Å². The van der Waals surface area contributed by atoms with Gasteiger partial charge in [0.05, 0.1) is 7.11 Å². The van der Waals surface area contributed by atoms with E-state index in [2.05, 4.69) is 0 Å². The first kappa shape index (κ1) is 13.7. The van der Waals surface area contributed by atoms with Gasteiger partial charge in [-0.25, -0.2) is 4.79 Å². The number of hydrogen-bond acceptors (Lipinski definition) is 4. The van der Waals surface area contributed by atoms with Crippen LogP contribution in [0.5, 0.6) is 0 Å². The van der Waals surface area contributed by atoms with Gasteiger partial charge in [-0.15, -0.1) is 0 Å². The first-order chi connectivity index (χ1) is 9.13. The fourth-order valence-electron chi connectivity index (χ4n) is 2.41. The summed E-state index contributed by atoms with van der Waals surface area (Å²) >= 11 is 0. The maximum absolute atomic E-state index is 12.5. The molecule has 4 nitrogen and oxygen atoms in total. The molecule has 1 saturated heterocycles. The van der Waals surface area contributed by atoms with Gasteiger partial charge in [0.1, 0.15) is 0 Å². The monoisotopic (exact) mass is 261 g/mol. The Labute approximate surface area is 113 Å². The highest BCUT2D eigenvalue weighted by Crippen LogP contribution is 2.17. The van der Waals surface area contributed by atoms with Crippen LogP contribution in [0.2, 0.25) is 0 Å². The van der Waals surface area contributed by atoms with E-state index < -0.39 is 12.0 Å². The molecule has 1 fully saturated rings. The molecule has 0 aromatic heterocycles. The second kappa shape index (κ2) is 5.97. The Kier molecular flexibility index (Phi) is 4.32. The van der Waals surface area contributed by atoms with Crippen molar-refractivity contribution in [2.75, 3.05) is 20.2 Å². The second-order valence-electron chi connectivity index (χ2n) is 4.90. The van der Waals surface area contributed by atoms with Gasteiger partial charge < -0.3 is 4.74 Å². The van der Waals surface area contributed by atoms with E-state index in [4.69, 9.17) is 4.74 Å². The number of methoxy groups -OCH3 is 1.